The number of carbonyl (C=O) groups is 1. The van der Waals surface area contributed by atoms with Gasteiger partial charge in [0, 0.05) is 21.0 Å². The monoisotopic (exact) mass is 429 g/mol. The molecule has 1 N–H and O–H groups in total. The minimum absolute atomic E-state index is 0.0287. The molecule has 2 aromatic carbocycles. The molecular weight excluding hydrogens is 419 g/mol. The van der Waals surface area contributed by atoms with Gasteiger partial charge in [-0.05, 0) is 54.2 Å². The van der Waals surface area contributed by atoms with Crippen LogP contribution in [0.4, 0.5) is 19.2 Å². The highest BCUT2D eigenvalue weighted by Gasteiger charge is 2.29. The van der Waals surface area contributed by atoms with E-state index in [4.69, 9.17) is 20.8 Å². The van der Waals surface area contributed by atoms with E-state index in [-0.39, 0.29) is 34.1 Å². The highest BCUT2D eigenvalue weighted by molar-refractivity contribution is 8.00. The molecule has 11 heteroatoms. The molecule has 1 heterocycles. The Kier molecular flexibility index (Phi) is 5.80. The molecule has 0 fully saturated rings. The second-order valence-electron chi connectivity index (χ2n) is 5.32. The van der Waals surface area contributed by atoms with Crippen LogP contribution in [-0.4, -0.2) is 28.7 Å². The average Bonchev–Trinajstić information content (AvgIpc) is 3.09. The van der Waals surface area contributed by atoms with Crippen LogP contribution in [0.15, 0.2) is 51.8 Å². The number of nitrogens with zero attached hydrogens (tertiary/aromatic N) is 2. The number of methoxy groups -OCH3 is 1. The summed E-state index contributed by atoms with van der Waals surface area (Å²) in [6.07, 6.45) is 0. The molecule has 0 saturated carbocycles. The standard InChI is InChI=1S/C17H11ClF3N3O3S/c1-26-12-7-10(6-11(18)8-12)15-23-24-16(27-15)22-14(25)9-2-4-13(5-3-9)28-17(19,20)21/h2-8H,1H3,(H,22,24,25). The zero-order chi connectivity index (χ0) is 20.3. The van der Waals surface area contributed by atoms with Gasteiger partial charge in [0.25, 0.3) is 5.91 Å². The van der Waals surface area contributed by atoms with E-state index in [1.54, 1.807) is 18.2 Å². The predicted molar refractivity (Wildman–Crippen MR) is 97.6 cm³/mol. The molecule has 146 valence electrons. The van der Waals surface area contributed by atoms with Gasteiger partial charge in [-0.1, -0.05) is 16.7 Å². The Morgan fingerprint density at radius 3 is 2.54 bits per heavy atom. The maximum Gasteiger partial charge on any atom is 0.446 e. The summed E-state index contributed by atoms with van der Waals surface area (Å²) in [7, 11) is 1.48. The third-order valence-corrected chi connectivity index (χ3v) is 4.31. The number of carbonyl (C=O) groups excluding carboxylic acids is 1. The summed E-state index contributed by atoms with van der Waals surface area (Å²) in [5.41, 5.74) is -3.77. The summed E-state index contributed by atoms with van der Waals surface area (Å²) in [5.74, 6) is -0.0152. The number of ether oxygens (including phenoxy) is 1. The van der Waals surface area contributed by atoms with E-state index >= 15 is 0 Å². The fraction of sp³-hybridized carbons (Fsp3) is 0.118. The second kappa shape index (κ2) is 8.11. The normalized spacial score (nSPS) is 11.3. The Labute approximate surface area is 166 Å². The first-order valence-electron chi connectivity index (χ1n) is 7.59. The van der Waals surface area contributed by atoms with Gasteiger partial charge in [-0.15, -0.1) is 5.10 Å². The van der Waals surface area contributed by atoms with Crippen LogP contribution in [0.3, 0.4) is 0 Å². The molecule has 3 rings (SSSR count). The molecule has 0 unspecified atom stereocenters. The van der Waals surface area contributed by atoms with E-state index in [9.17, 15) is 18.0 Å². The van der Waals surface area contributed by atoms with E-state index in [1.807, 2.05) is 0 Å². The summed E-state index contributed by atoms with van der Waals surface area (Å²) >= 11 is 5.73. The smallest absolute Gasteiger partial charge is 0.446 e. The molecule has 0 aliphatic carbocycles. The molecule has 28 heavy (non-hydrogen) atoms. The molecule has 0 saturated heterocycles. The van der Waals surface area contributed by atoms with Crippen LogP contribution in [0.5, 0.6) is 5.75 Å². The molecule has 0 aliphatic rings. The number of benzene rings is 2. The number of alkyl halides is 3. The van der Waals surface area contributed by atoms with Gasteiger partial charge in [0.15, 0.2) is 0 Å². The maximum atomic E-state index is 12.3. The van der Waals surface area contributed by atoms with Gasteiger partial charge < -0.3 is 9.15 Å². The first-order valence-corrected chi connectivity index (χ1v) is 8.78. The number of hydrogen-bond donors (Lipinski definition) is 1. The van der Waals surface area contributed by atoms with Crippen LogP contribution in [0.1, 0.15) is 10.4 Å². The van der Waals surface area contributed by atoms with Crippen LogP contribution in [0.25, 0.3) is 11.5 Å². The van der Waals surface area contributed by atoms with Crippen molar-refractivity contribution in [2.75, 3.05) is 12.4 Å². The Bertz CT molecular complexity index is 993. The van der Waals surface area contributed by atoms with Crippen molar-refractivity contribution in [1.29, 1.82) is 0 Å². The van der Waals surface area contributed by atoms with Gasteiger partial charge >= 0.3 is 11.5 Å². The van der Waals surface area contributed by atoms with Crippen molar-refractivity contribution < 1.29 is 27.1 Å². The van der Waals surface area contributed by atoms with Gasteiger partial charge in [0.05, 0.1) is 7.11 Å². The lowest BCUT2D eigenvalue weighted by Crippen LogP contribution is -2.12. The van der Waals surface area contributed by atoms with Crippen molar-refractivity contribution in [3.63, 3.8) is 0 Å². The molecule has 3 aromatic rings. The summed E-state index contributed by atoms with van der Waals surface area (Å²) in [6, 6.07) is 9.57. The Morgan fingerprint density at radius 2 is 1.89 bits per heavy atom. The largest absolute Gasteiger partial charge is 0.497 e. The molecule has 1 amide bonds. The lowest BCUT2D eigenvalue weighted by Gasteiger charge is -2.06. The quantitative estimate of drug-likeness (QED) is 0.557. The van der Waals surface area contributed by atoms with E-state index in [0.29, 0.717) is 16.3 Å². The van der Waals surface area contributed by atoms with E-state index in [0.717, 1.165) is 0 Å². The zero-order valence-electron chi connectivity index (χ0n) is 14.1. The lowest BCUT2D eigenvalue weighted by molar-refractivity contribution is -0.0328. The second-order valence-corrected chi connectivity index (χ2v) is 6.89. The lowest BCUT2D eigenvalue weighted by atomic mass is 10.2. The number of rotatable bonds is 5. The predicted octanol–water partition coefficient (Wildman–Crippen LogP) is 5.26. The van der Waals surface area contributed by atoms with Gasteiger partial charge in [-0.25, -0.2) is 0 Å². The van der Waals surface area contributed by atoms with Gasteiger partial charge in [0.2, 0.25) is 5.89 Å². The van der Waals surface area contributed by atoms with Crippen LogP contribution >= 0.6 is 23.4 Å². The molecule has 0 spiro atoms. The van der Waals surface area contributed by atoms with E-state index < -0.39 is 11.4 Å². The Hall–Kier alpha value is -2.72. The van der Waals surface area contributed by atoms with Gasteiger partial charge in [-0.2, -0.15) is 13.2 Å². The minimum Gasteiger partial charge on any atom is -0.497 e. The number of thioether (sulfide) groups is 1. The van der Waals surface area contributed by atoms with Crippen molar-refractivity contribution in [3.05, 3.63) is 53.1 Å². The van der Waals surface area contributed by atoms with Crippen molar-refractivity contribution in [1.82, 2.24) is 10.2 Å². The molecule has 0 atom stereocenters. The minimum atomic E-state index is -4.40. The molecule has 1 aromatic heterocycles. The summed E-state index contributed by atoms with van der Waals surface area (Å²) < 4.78 is 47.5. The average molecular weight is 430 g/mol. The van der Waals surface area contributed by atoms with Crippen LogP contribution in [-0.2, 0) is 0 Å². The fourth-order valence-corrected chi connectivity index (χ4v) is 2.94. The van der Waals surface area contributed by atoms with E-state index in [2.05, 4.69) is 15.5 Å². The molecule has 0 bridgehead atoms. The number of aromatic nitrogens is 2. The Morgan fingerprint density at radius 1 is 1.18 bits per heavy atom. The van der Waals surface area contributed by atoms with Gasteiger partial charge in [-0.3, -0.25) is 10.1 Å². The van der Waals surface area contributed by atoms with Crippen molar-refractivity contribution >= 4 is 35.3 Å². The zero-order valence-corrected chi connectivity index (χ0v) is 15.7. The highest BCUT2D eigenvalue weighted by Crippen LogP contribution is 2.36. The van der Waals surface area contributed by atoms with Crippen LogP contribution < -0.4 is 10.1 Å². The van der Waals surface area contributed by atoms with Crippen molar-refractivity contribution in [2.24, 2.45) is 0 Å². The molecular formula is C17H11ClF3N3O3S. The van der Waals surface area contributed by atoms with Gasteiger partial charge in [0.1, 0.15) is 5.75 Å². The summed E-state index contributed by atoms with van der Waals surface area (Å²) in [4.78, 5) is 12.2. The number of halogens is 4. The van der Waals surface area contributed by atoms with Crippen LogP contribution in [0, 0.1) is 0 Å². The van der Waals surface area contributed by atoms with Crippen LogP contribution in [0.2, 0.25) is 5.02 Å². The van der Waals surface area contributed by atoms with Crippen molar-refractivity contribution in [3.8, 4) is 17.2 Å². The molecule has 0 radical (unpaired) electrons. The molecule has 0 aliphatic heterocycles. The third-order valence-electron chi connectivity index (χ3n) is 3.35. The summed E-state index contributed by atoms with van der Waals surface area (Å²) in [5, 5.41) is 10.3. The first-order chi connectivity index (χ1) is 13.2. The van der Waals surface area contributed by atoms with Crippen molar-refractivity contribution in [2.45, 2.75) is 10.4 Å². The highest BCUT2D eigenvalue weighted by atomic mass is 35.5. The molecule has 6 nitrogen and oxygen atoms in total. The number of anilines is 1. The topological polar surface area (TPSA) is 77.3 Å². The third kappa shape index (κ3) is 5.17. The number of nitrogens with one attached hydrogen (secondary N) is 1. The Balaban J connectivity index is 1.71. The summed E-state index contributed by atoms with van der Waals surface area (Å²) in [6.45, 7) is 0. The van der Waals surface area contributed by atoms with E-state index in [1.165, 1.54) is 31.4 Å². The SMILES string of the molecule is COc1cc(Cl)cc(-c2nnc(NC(=O)c3ccc(SC(F)(F)F)cc3)o2)c1. The number of amides is 1. The number of hydrogen-bond acceptors (Lipinski definition) is 6. The maximum absolute atomic E-state index is 12.3. The fourth-order valence-electron chi connectivity index (χ4n) is 2.17. The first kappa shape index (κ1) is 20.0.